The van der Waals surface area contributed by atoms with Crippen molar-refractivity contribution in [2.24, 2.45) is 0 Å². The highest BCUT2D eigenvalue weighted by molar-refractivity contribution is 7.80. The van der Waals surface area contributed by atoms with Crippen LogP contribution in [0.25, 0.3) is 16.6 Å². The van der Waals surface area contributed by atoms with Crippen molar-refractivity contribution in [2.45, 2.75) is 4.90 Å². The standard InChI is InChI=1S/C9H6N4S/c14-7-2-3-8-6(5-7)1-4-9-10-11-12-13(8)9/h1-5,14H. The summed E-state index contributed by atoms with van der Waals surface area (Å²) in [6.07, 6.45) is 0. The Hall–Kier alpha value is -1.62. The SMILES string of the molecule is Sc1ccc2c(ccc3nnnn32)c1. The van der Waals surface area contributed by atoms with Crippen molar-refractivity contribution in [3.05, 3.63) is 30.3 Å². The van der Waals surface area contributed by atoms with Gasteiger partial charge in [0.2, 0.25) is 0 Å². The van der Waals surface area contributed by atoms with Gasteiger partial charge in [0, 0.05) is 10.3 Å². The number of nitrogens with zero attached hydrogens (tertiary/aromatic N) is 4. The van der Waals surface area contributed by atoms with Gasteiger partial charge >= 0.3 is 0 Å². The fourth-order valence-electron chi connectivity index (χ4n) is 1.50. The zero-order valence-corrected chi connectivity index (χ0v) is 8.02. The maximum absolute atomic E-state index is 4.28. The van der Waals surface area contributed by atoms with Crippen molar-refractivity contribution < 1.29 is 0 Å². The first-order valence-corrected chi connectivity index (χ1v) is 4.59. The number of aromatic nitrogens is 4. The van der Waals surface area contributed by atoms with Crippen LogP contribution < -0.4 is 0 Å². The van der Waals surface area contributed by atoms with E-state index in [0.717, 1.165) is 21.4 Å². The second kappa shape index (κ2) is 2.68. The van der Waals surface area contributed by atoms with Crippen molar-refractivity contribution in [3.63, 3.8) is 0 Å². The van der Waals surface area contributed by atoms with Gasteiger partial charge in [-0.15, -0.1) is 17.7 Å². The second-order valence-corrected chi connectivity index (χ2v) is 3.54. The number of rotatable bonds is 0. The molecule has 0 saturated heterocycles. The molecule has 68 valence electrons. The van der Waals surface area contributed by atoms with Gasteiger partial charge in [0.1, 0.15) is 0 Å². The Morgan fingerprint density at radius 2 is 2.07 bits per heavy atom. The molecule has 0 saturated carbocycles. The van der Waals surface area contributed by atoms with E-state index in [0.29, 0.717) is 0 Å². The molecule has 0 fully saturated rings. The molecular weight excluding hydrogens is 196 g/mol. The Kier molecular flexibility index (Phi) is 1.49. The zero-order valence-electron chi connectivity index (χ0n) is 7.12. The molecule has 3 aromatic rings. The lowest BCUT2D eigenvalue weighted by molar-refractivity contribution is 0.841. The van der Waals surface area contributed by atoms with E-state index >= 15 is 0 Å². The van der Waals surface area contributed by atoms with Crippen LogP contribution in [0.3, 0.4) is 0 Å². The lowest BCUT2D eigenvalue weighted by Crippen LogP contribution is -1.89. The molecule has 14 heavy (non-hydrogen) atoms. The number of hydrogen-bond donors (Lipinski definition) is 1. The van der Waals surface area contributed by atoms with Crippen LogP contribution in [0.4, 0.5) is 0 Å². The lowest BCUT2D eigenvalue weighted by Gasteiger charge is -1.99. The van der Waals surface area contributed by atoms with Gasteiger partial charge in [-0.1, -0.05) is 0 Å². The van der Waals surface area contributed by atoms with E-state index < -0.39 is 0 Å². The summed E-state index contributed by atoms with van der Waals surface area (Å²) in [4.78, 5) is 0.935. The lowest BCUT2D eigenvalue weighted by atomic mass is 10.2. The highest BCUT2D eigenvalue weighted by Crippen LogP contribution is 2.18. The number of tetrazole rings is 1. The van der Waals surface area contributed by atoms with Crippen LogP contribution in [-0.4, -0.2) is 20.0 Å². The van der Waals surface area contributed by atoms with E-state index in [1.807, 2.05) is 30.3 Å². The van der Waals surface area contributed by atoms with Crippen LogP contribution in [0, 0.1) is 0 Å². The molecule has 0 spiro atoms. The molecule has 0 aliphatic rings. The number of pyridine rings is 1. The number of thiol groups is 1. The topological polar surface area (TPSA) is 43.1 Å². The maximum atomic E-state index is 4.28. The number of benzene rings is 1. The van der Waals surface area contributed by atoms with E-state index in [1.165, 1.54) is 0 Å². The quantitative estimate of drug-likeness (QED) is 0.563. The van der Waals surface area contributed by atoms with Gasteiger partial charge in [-0.25, -0.2) is 0 Å². The second-order valence-electron chi connectivity index (χ2n) is 3.03. The molecule has 0 unspecified atom stereocenters. The van der Waals surface area contributed by atoms with E-state index in [-0.39, 0.29) is 0 Å². The van der Waals surface area contributed by atoms with Crippen LogP contribution in [0.1, 0.15) is 0 Å². The van der Waals surface area contributed by atoms with Gasteiger partial charge < -0.3 is 0 Å². The fourth-order valence-corrected chi connectivity index (χ4v) is 1.72. The molecule has 2 heterocycles. The van der Waals surface area contributed by atoms with Crippen LogP contribution in [0.2, 0.25) is 0 Å². The highest BCUT2D eigenvalue weighted by atomic mass is 32.1. The predicted octanol–water partition coefficient (Wildman–Crippen LogP) is 1.57. The van der Waals surface area contributed by atoms with Crippen molar-refractivity contribution in [3.8, 4) is 0 Å². The Morgan fingerprint density at radius 1 is 1.14 bits per heavy atom. The summed E-state index contributed by atoms with van der Waals surface area (Å²) in [7, 11) is 0. The summed E-state index contributed by atoms with van der Waals surface area (Å²) < 4.78 is 1.71. The van der Waals surface area contributed by atoms with Crippen LogP contribution in [0.15, 0.2) is 35.2 Å². The Labute approximate surface area is 85.0 Å². The summed E-state index contributed by atoms with van der Waals surface area (Å²) in [6.45, 7) is 0. The fraction of sp³-hybridized carbons (Fsp3) is 0. The molecule has 3 rings (SSSR count). The maximum Gasteiger partial charge on any atom is 0.179 e. The highest BCUT2D eigenvalue weighted by Gasteiger charge is 2.01. The molecule has 0 atom stereocenters. The van der Waals surface area contributed by atoms with Gasteiger partial charge in [0.15, 0.2) is 5.65 Å². The smallest absolute Gasteiger partial charge is 0.179 e. The van der Waals surface area contributed by atoms with E-state index in [9.17, 15) is 0 Å². The Balaban J connectivity index is 2.57. The summed E-state index contributed by atoms with van der Waals surface area (Å²) in [6, 6.07) is 9.74. The number of hydrogen-bond acceptors (Lipinski definition) is 4. The van der Waals surface area contributed by atoms with E-state index in [1.54, 1.807) is 4.52 Å². The Morgan fingerprint density at radius 3 is 3.00 bits per heavy atom. The van der Waals surface area contributed by atoms with Crippen LogP contribution >= 0.6 is 12.6 Å². The molecule has 0 aliphatic carbocycles. The first kappa shape index (κ1) is 7.75. The van der Waals surface area contributed by atoms with E-state index in [2.05, 4.69) is 28.2 Å². The molecule has 4 nitrogen and oxygen atoms in total. The van der Waals surface area contributed by atoms with Crippen LogP contribution in [-0.2, 0) is 0 Å². The summed E-state index contributed by atoms with van der Waals surface area (Å²) in [5.41, 5.74) is 1.75. The van der Waals surface area contributed by atoms with Crippen molar-refractivity contribution >= 4 is 29.2 Å². The summed E-state index contributed by atoms with van der Waals surface area (Å²) in [5, 5.41) is 12.5. The van der Waals surface area contributed by atoms with Gasteiger partial charge in [0.05, 0.1) is 5.52 Å². The molecule has 0 aliphatic heterocycles. The third-order valence-corrected chi connectivity index (χ3v) is 2.42. The van der Waals surface area contributed by atoms with Crippen molar-refractivity contribution in [2.75, 3.05) is 0 Å². The third kappa shape index (κ3) is 0.990. The minimum atomic E-state index is 0.754. The van der Waals surface area contributed by atoms with E-state index in [4.69, 9.17) is 0 Å². The molecule has 0 N–H and O–H groups in total. The molecule has 2 aromatic heterocycles. The average molecular weight is 202 g/mol. The van der Waals surface area contributed by atoms with Gasteiger partial charge in [-0.3, -0.25) is 0 Å². The van der Waals surface area contributed by atoms with Gasteiger partial charge in [-0.2, -0.15) is 4.52 Å². The van der Waals surface area contributed by atoms with Gasteiger partial charge in [-0.05, 0) is 40.8 Å². The predicted molar refractivity (Wildman–Crippen MR) is 55.5 cm³/mol. The minimum Gasteiger partial charge on any atom is -0.193 e. The molecule has 0 radical (unpaired) electrons. The summed E-state index contributed by atoms with van der Waals surface area (Å²) in [5.74, 6) is 0. The normalized spacial score (nSPS) is 11.2. The molecule has 0 amide bonds. The first-order valence-electron chi connectivity index (χ1n) is 4.14. The third-order valence-electron chi connectivity index (χ3n) is 2.14. The summed E-state index contributed by atoms with van der Waals surface area (Å²) >= 11 is 4.28. The number of fused-ring (bicyclic) bond motifs is 3. The van der Waals surface area contributed by atoms with Crippen molar-refractivity contribution in [1.82, 2.24) is 20.0 Å². The van der Waals surface area contributed by atoms with Gasteiger partial charge in [0.25, 0.3) is 0 Å². The van der Waals surface area contributed by atoms with Crippen molar-refractivity contribution in [1.29, 1.82) is 0 Å². The molecule has 0 bridgehead atoms. The Bertz CT molecular complexity index is 616. The molecule has 1 aromatic carbocycles. The molecule has 5 heteroatoms. The average Bonchev–Trinajstić information content (AvgIpc) is 2.65. The molecular formula is C9H6N4S. The van der Waals surface area contributed by atoms with Crippen LogP contribution in [0.5, 0.6) is 0 Å². The monoisotopic (exact) mass is 202 g/mol. The largest absolute Gasteiger partial charge is 0.193 e. The minimum absolute atomic E-state index is 0.754. The first-order chi connectivity index (χ1) is 6.84. The zero-order chi connectivity index (χ0) is 9.54.